The van der Waals surface area contributed by atoms with Crippen LogP contribution in [0.2, 0.25) is 0 Å². The van der Waals surface area contributed by atoms with Gasteiger partial charge in [-0.3, -0.25) is 0 Å². The molecule has 3 rings (SSSR count). The molecule has 0 fully saturated rings. The topological polar surface area (TPSA) is 35.5 Å². The first-order valence-electron chi connectivity index (χ1n) is 9.31. The van der Waals surface area contributed by atoms with Gasteiger partial charge < -0.3 is 9.05 Å². The third-order valence-electron chi connectivity index (χ3n) is 4.40. The summed E-state index contributed by atoms with van der Waals surface area (Å²) < 4.78 is 25.9. The minimum Gasteiger partial charge on any atom is -0.416 e. The number of hydrogen-bond donors (Lipinski definition) is 0. The van der Waals surface area contributed by atoms with Crippen LogP contribution in [-0.4, -0.2) is 0 Å². The Morgan fingerprint density at radius 3 is 1.59 bits per heavy atom. The quantitative estimate of drug-likeness (QED) is 0.410. The molecule has 0 heterocycles. The lowest BCUT2D eigenvalue weighted by Crippen LogP contribution is -2.06. The van der Waals surface area contributed by atoms with Gasteiger partial charge in [-0.15, -0.1) is 0 Å². The summed E-state index contributed by atoms with van der Waals surface area (Å²) in [6, 6.07) is 25.1. The highest BCUT2D eigenvalue weighted by atomic mass is 31.2. The zero-order valence-corrected chi connectivity index (χ0v) is 16.7. The van der Waals surface area contributed by atoms with E-state index in [0.29, 0.717) is 11.5 Å². The molecule has 3 nitrogen and oxygen atoms in total. The van der Waals surface area contributed by atoms with Crippen molar-refractivity contribution < 1.29 is 13.6 Å². The van der Waals surface area contributed by atoms with Crippen molar-refractivity contribution in [2.24, 2.45) is 0 Å². The minimum atomic E-state index is -3.47. The molecule has 0 aromatic heterocycles. The molecule has 0 spiro atoms. The minimum absolute atomic E-state index is 0.212. The van der Waals surface area contributed by atoms with Crippen molar-refractivity contribution in [3.63, 3.8) is 0 Å². The summed E-state index contributed by atoms with van der Waals surface area (Å²) in [5, 5.41) is 0. The Balaban J connectivity index is 1.96. The van der Waals surface area contributed by atoms with E-state index in [-0.39, 0.29) is 6.16 Å². The third kappa shape index (κ3) is 5.02. The van der Waals surface area contributed by atoms with E-state index in [1.54, 1.807) is 0 Å². The molecule has 0 amide bonds. The molecular formula is C23H25O3P. The van der Waals surface area contributed by atoms with Crippen molar-refractivity contribution in [3.05, 3.63) is 95.6 Å². The average molecular weight is 380 g/mol. The SMILES string of the molecule is CCc1ccccc1OP(=O)(Cc1ccccc1)Oc1ccccc1CC. The van der Waals surface area contributed by atoms with E-state index in [1.807, 2.05) is 78.9 Å². The van der Waals surface area contributed by atoms with Crippen LogP contribution in [0.3, 0.4) is 0 Å². The first kappa shape index (κ1) is 19.3. The van der Waals surface area contributed by atoms with Crippen molar-refractivity contribution in [2.75, 3.05) is 0 Å². The second kappa shape index (κ2) is 8.92. The zero-order valence-electron chi connectivity index (χ0n) is 15.8. The summed E-state index contributed by atoms with van der Waals surface area (Å²) in [4.78, 5) is 0. The van der Waals surface area contributed by atoms with E-state index in [1.165, 1.54) is 0 Å². The van der Waals surface area contributed by atoms with E-state index < -0.39 is 7.60 Å². The summed E-state index contributed by atoms with van der Waals surface area (Å²) in [5.74, 6) is 1.24. The highest BCUT2D eigenvalue weighted by molar-refractivity contribution is 7.53. The van der Waals surface area contributed by atoms with Crippen LogP contribution in [0.15, 0.2) is 78.9 Å². The summed E-state index contributed by atoms with van der Waals surface area (Å²) in [5.41, 5.74) is 2.94. The fourth-order valence-electron chi connectivity index (χ4n) is 2.96. The Bertz CT molecular complexity index is 868. The largest absolute Gasteiger partial charge is 0.435 e. The number of para-hydroxylation sites is 2. The summed E-state index contributed by atoms with van der Waals surface area (Å²) in [6.45, 7) is 4.11. The fraction of sp³-hybridized carbons (Fsp3) is 0.217. The lowest BCUT2D eigenvalue weighted by molar-refractivity contribution is 0.381. The van der Waals surface area contributed by atoms with Gasteiger partial charge in [0.1, 0.15) is 11.5 Å². The van der Waals surface area contributed by atoms with Crippen LogP contribution in [0.25, 0.3) is 0 Å². The molecule has 3 aromatic carbocycles. The Morgan fingerprint density at radius 2 is 1.11 bits per heavy atom. The van der Waals surface area contributed by atoms with E-state index in [9.17, 15) is 4.57 Å². The molecule has 0 radical (unpaired) electrons. The average Bonchev–Trinajstić information content (AvgIpc) is 2.69. The maximum Gasteiger partial charge on any atom is 0.435 e. The van der Waals surface area contributed by atoms with Gasteiger partial charge in [0.2, 0.25) is 0 Å². The van der Waals surface area contributed by atoms with Gasteiger partial charge in [0.15, 0.2) is 0 Å². The number of rotatable bonds is 8. The smallest absolute Gasteiger partial charge is 0.416 e. The van der Waals surface area contributed by atoms with Gasteiger partial charge in [0.05, 0.1) is 6.16 Å². The summed E-state index contributed by atoms with van der Waals surface area (Å²) in [7, 11) is -3.47. The van der Waals surface area contributed by atoms with Crippen LogP contribution in [0.1, 0.15) is 30.5 Å². The van der Waals surface area contributed by atoms with Crippen molar-refractivity contribution in [3.8, 4) is 11.5 Å². The maximum absolute atomic E-state index is 13.8. The van der Waals surface area contributed by atoms with Crippen LogP contribution < -0.4 is 9.05 Å². The lowest BCUT2D eigenvalue weighted by atomic mass is 10.1. The molecule has 3 aromatic rings. The first-order valence-corrected chi connectivity index (χ1v) is 11.0. The highest BCUT2D eigenvalue weighted by Gasteiger charge is 2.30. The predicted molar refractivity (Wildman–Crippen MR) is 111 cm³/mol. The second-order valence-electron chi connectivity index (χ2n) is 6.36. The molecule has 0 bridgehead atoms. The van der Waals surface area contributed by atoms with Gasteiger partial charge in [-0.05, 0) is 41.7 Å². The van der Waals surface area contributed by atoms with E-state index in [0.717, 1.165) is 29.5 Å². The molecule has 0 aliphatic carbocycles. The molecule has 4 heteroatoms. The third-order valence-corrected chi connectivity index (χ3v) is 6.10. The van der Waals surface area contributed by atoms with Crippen LogP contribution in [0.5, 0.6) is 11.5 Å². The molecule has 0 atom stereocenters. The normalized spacial score (nSPS) is 11.2. The van der Waals surface area contributed by atoms with Crippen LogP contribution in [0, 0.1) is 0 Å². The first-order chi connectivity index (χ1) is 13.1. The molecule has 0 aliphatic rings. The van der Waals surface area contributed by atoms with Crippen molar-refractivity contribution >= 4 is 7.60 Å². The van der Waals surface area contributed by atoms with Crippen LogP contribution >= 0.6 is 7.60 Å². The van der Waals surface area contributed by atoms with E-state index in [4.69, 9.17) is 9.05 Å². The van der Waals surface area contributed by atoms with Crippen molar-refractivity contribution in [1.82, 2.24) is 0 Å². The Morgan fingerprint density at radius 1 is 0.667 bits per heavy atom. The van der Waals surface area contributed by atoms with Gasteiger partial charge in [-0.2, -0.15) is 0 Å². The monoisotopic (exact) mass is 380 g/mol. The maximum atomic E-state index is 13.8. The summed E-state index contributed by atoms with van der Waals surface area (Å²) >= 11 is 0. The Kier molecular flexibility index (Phi) is 6.36. The van der Waals surface area contributed by atoms with Crippen LogP contribution in [-0.2, 0) is 23.6 Å². The molecule has 0 saturated carbocycles. The van der Waals surface area contributed by atoms with Crippen LogP contribution in [0.4, 0.5) is 0 Å². The molecule has 0 N–H and O–H groups in total. The molecule has 27 heavy (non-hydrogen) atoms. The summed E-state index contributed by atoms with van der Waals surface area (Å²) in [6.07, 6.45) is 1.81. The van der Waals surface area contributed by atoms with E-state index in [2.05, 4.69) is 13.8 Å². The van der Waals surface area contributed by atoms with E-state index >= 15 is 0 Å². The van der Waals surface area contributed by atoms with Gasteiger partial charge in [0.25, 0.3) is 0 Å². The Labute approximate surface area is 161 Å². The molecule has 0 aliphatic heterocycles. The van der Waals surface area contributed by atoms with Gasteiger partial charge in [-0.1, -0.05) is 80.6 Å². The second-order valence-corrected chi connectivity index (χ2v) is 8.26. The lowest BCUT2D eigenvalue weighted by Gasteiger charge is -2.22. The zero-order chi connectivity index (χ0) is 19.1. The number of hydrogen-bond acceptors (Lipinski definition) is 3. The predicted octanol–water partition coefficient (Wildman–Crippen LogP) is 6.66. The Hall–Kier alpha value is -2.51. The fourth-order valence-corrected chi connectivity index (χ4v) is 4.74. The van der Waals surface area contributed by atoms with Gasteiger partial charge in [0, 0.05) is 0 Å². The number of aryl methyl sites for hydroxylation is 2. The standard InChI is InChI=1S/C23H25O3P/c1-3-20-14-8-10-16-22(20)25-27(24,18-19-12-6-5-7-13-19)26-23-17-11-9-15-21(23)4-2/h5-17H,3-4,18H2,1-2H3. The van der Waals surface area contributed by atoms with Gasteiger partial charge in [-0.25, -0.2) is 4.57 Å². The molecular weight excluding hydrogens is 355 g/mol. The van der Waals surface area contributed by atoms with Crippen molar-refractivity contribution in [1.29, 1.82) is 0 Å². The molecule has 0 unspecified atom stereocenters. The molecule has 140 valence electrons. The number of benzene rings is 3. The highest BCUT2D eigenvalue weighted by Crippen LogP contribution is 2.52. The molecule has 0 saturated heterocycles. The van der Waals surface area contributed by atoms with Gasteiger partial charge >= 0.3 is 7.60 Å². The van der Waals surface area contributed by atoms with Crippen molar-refractivity contribution in [2.45, 2.75) is 32.9 Å².